The molecule has 24 heavy (non-hydrogen) atoms. The number of fused-ring (bicyclic) bond motifs is 1. The molecule has 0 heterocycles. The molecule has 0 aliphatic carbocycles. The van der Waals surface area contributed by atoms with Crippen molar-refractivity contribution >= 4 is 22.1 Å². The Balaban J connectivity index is 0.000000149. The van der Waals surface area contributed by atoms with E-state index in [-0.39, 0.29) is 0 Å². The molecule has 2 heteroatoms. The first kappa shape index (κ1) is 15.6. The van der Waals surface area contributed by atoms with E-state index in [4.69, 9.17) is 0 Å². The molecular formula is C22H18N2. The van der Waals surface area contributed by atoms with Crippen molar-refractivity contribution in [1.29, 1.82) is 0 Å². The van der Waals surface area contributed by atoms with Crippen LogP contribution in [0.3, 0.4) is 0 Å². The van der Waals surface area contributed by atoms with Crippen LogP contribution in [0.25, 0.3) is 10.8 Å². The molecule has 0 aromatic heterocycles. The van der Waals surface area contributed by atoms with E-state index in [1.807, 2.05) is 60.7 Å². The molecule has 0 N–H and O–H groups in total. The summed E-state index contributed by atoms with van der Waals surface area (Å²) >= 11 is 0. The predicted octanol–water partition coefficient (Wildman–Crippen LogP) is 6.94. The summed E-state index contributed by atoms with van der Waals surface area (Å²) in [4.78, 5) is 0. The van der Waals surface area contributed by atoms with Crippen LogP contribution in [-0.2, 0) is 0 Å². The van der Waals surface area contributed by atoms with Crippen molar-refractivity contribution < 1.29 is 0 Å². The summed E-state index contributed by atoms with van der Waals surface area (Å²) in [6, 6.07) is 36.1. The molecule has 0 atom stereocenters. The fourth-order valence-electron chi connectivity index (χ4n) is 2.24. The molecule has 116 valence electrons. The second-order valence-corrected chi connectivity index (χ2v) is 5.22. The van der Waals surface area contributed by atoms with Crippen molar-refractivity contribution in [2.75, 3.05) is 0 Å². The van der Waals surface area contributed by atoms with E-state index < -0.39 is 0 Å². The number of azo groups is 1. The molecule has 0 spiro atoms. The molecular weight excluding hydrogens is 292 g/mol. The molecule has 4 rings (SSSR count). The Morgan fingerprint density at radius 2 is 0.625 bits per heavy atom. The first-order valence-corrected chi connectivity index (χ1v) is 7.87. The van der Waals surface area contributed by atoms with Gasteiger partial charge in [0.2, 0.25) is 0 Å². The number of rotatable bonds is 2. The molecule has 4 aromatic carbocycles. The van der Waals surface area contributed by atoms with E-state index in [0.717, 1.165) is 11.4 Å². The zero-order valence-electron chi connectivity index (χ0n) is 13.3. The summed E-state index contributed by atoms with van der Waals surface area (Å²) in [5.41, 5.74) is 1.74. The molecule has 2 nitrogen and oxygen atoms in total. The normalized spacial score (nSPS) is 10.3. The van der Waals surface area contributed by atoms with Gasteiger partial charge < -0.3 is 0 Å². The molecule has 0 unspecified atom stereocenters. The van der Waals surface area contributed by atoms with Crippen LogP contribution in [-0.4, -0.2) is 0 Å². The summed E-state index contributed by atoms with van der Waals surface area (Å²) in [7, 11) is 0. The SMILES string of the molecule is c1ccc(N=Nc2ccccc2)cc1.c1ccc2ccccc2c1. The Morgan fingerprint density at radius 3 is 0.958 bits per heavy atom. The minimum atomic E-state index is 0.872. The van der Waals surface area contributed by atoms with Crippen LogP contribution in [0.2, 0.25) is 0 Å². The summed E-state index contributed by atoms with van der Waals surface area (Å²) in [6.45, 7) is 0. The second kappa shape index (κ2) is 8.39. The van der Waals surface area contributed by atoms with Gasteiger partial charge in [-0.3, -0.25) is 0 Å². The highest BCUT2D eigenvalue weighted by Crippen LogP contribution is 2.16. The van der Waals surface area contributed by atoms with Crippen LogP contribution in [0.15, 0.2) is 119 Å². The minimum Gasteiger partial charge on any atom is -0.151 e. The highest BCUT2D eigenvalue weighted by atomic mass is 15.1. The standard InChI is InChI=1S/C12H10N2.C10H8/c1-3-7-11(8-4-1)13-14-12-9-5-2-6-10-12;1-2-6-10-8-4-3-7-9(10)5-1/h1-10H;1-8H. The highest BCUT2D eigenvalue weighted by molar-refractivity contribution is 5.82. The fourth-order valence-corrected chi connectivity index (χ4v) is 2.24. The van der Waals surface area contributed by atoms with Crippen molar-refractivity contribution in [2.24, 2.45) is 10.2 Å². The largest absolute Gasteiger partial charge is 0.151 e. The fraction of sp³-hybridized carbons (Fsp3) is 0. The van der Waals surface area contributed by atoms with Gasteiger partial charge >= 0.3 is 0 Å². The molecule has 0 aliphatic rings. The molecule has 0 saturated heterocycles. The van der Waals surface area contributed by atoms with Gasteiger partial charge in [-0.1, -0.05) is 84.9 Å². The Labute approximate surface area is 142 Å². The third kappa shape index (κ3) is 4.62. The molecule has 0 saturated carbocycles. The summed E-state index contributed by atoms with van der Waals surface area (Å²) in [5.74, 6) is 0. The van der Waals surface area contributed by atoms with Gasteiger partial charge in [0.05, 0.1) is 11.4 Å². The van der Waals surface area contributed by atoms with E-state index in [1.165, 1.54) is 10.8 Å². The Hall–Kier alpha value is -3.26. The first-order chi connectivity index (χ1) is 11.9. The van der Waals surface area contributed by atoms with Gasteiger partial charge in [0.15, 0.2) is 0 Å². The maximum absolute atomic E-state index is 4.10. The lowest BCUT2D eigenvalue weighted by atomic mass is 10.1. The highest BCUT2D eigenvalue weighted by Gasteiger charge is 1.87. The summed E-state index contributed by atoms with van der Waals surface area (Å²) in [5, 5.41) is 10.8. The van der Waals surface area contributed by atoms with Crippen molar-refractivity contribution in [3.63, 3.8) is 0 Å². The zero-order valence-corrected chi connectivity index (χ0v) is 13.3. The molecule has 0 aliphatic heterocycles. The Morgan fingerprint density at radius 1 is 0.333 bits per heavy atom. The molecule has 0 amide bonds. The van der Waals surface area contributed by atoms with Gasteiger partial charge in [-0.15, -0.1) is 0 Å². The summed E-state index contributed by atoms with van der Waals surface area (Å²) < 4.78 is 0. The monoisotopic (exact) mass is 310 g/mol. The zero-order chi connectivity index (χ0) is 16.5. The van der Waals surface area contributed by atoms with Crippen LogP contribution < -0.4 is 0 Å². The van der Waals surface area contributed by atoms with Crippen LogP contribution in [0.1, 0.15) is 0 Å². The molecule has 0 radical (unpaired) electrons. The van der Waals surface area contributed by atoms with Crippen molar-refractivity contribution in [3.05, 3.63) is 109 Å². The van der Waals surface area contributed by atoms with Gasteiger partial charge in [0, 0.05) is 0 Å². The van der Waals surface area contributed by atoms with Crippen molar-refractivity contribution in [2.45, 2.75) is 0 Å². The molecule has 0 bridgehead atoms. The Bertz CT molecular complexity index is 793. The molecule has 4 aromatic rings. The average Bonchev–Trinajstić information content (AvgIpc) is 2.69. The van der Waals surface area contributed by atoms with Crippen molar-refractivity contribution in [1.82, 2.24) is 0 Å². The van der Waals surface area contributed by atoms with Crippen molar-refractivity contribution in [3.8, 4) is 0 Å². The van der Waals surface area contributed by atoms with Gasteiger partial charge in [0.1, 0.15) is 0 Å². The quantitative estimate of drug-likeness (QED) is 0.358. The predicted molar refractivity (Wildman–Crippen MR) is 101 cm³/mol. The topological polar surface area (TPSA) is 24.7 Å². The third-order valence-electron chi connectivity index (χ3n) is 3.45. The third-order valence-corrected chi connectivity index (χ3v) is 3.45. The van der Waals surface area contributed by atoms with E-state index in [1.54, 1.807) is 0 Å². The van der Waals surface area contributed by atoms with Crippen LogP contribution in [0, 0.1) is 0 Å². The lowest BCUT2D eigenvalue weighted by Crippen LogP contribution is -1.67. The number of hydrogen-bond donors (Lipinski definition) is 0. The van der Waals surface area contributed by atoms with Gasteiger partial charge in [0.25, 0.3) is 0 Å². The smallest absolute Gasteiger partial charge is 0.0857 e. The summed E-state index contributed by atoms with van der Waals surface area (Å²) in [6.07, 6.45) is 0. The van der Waals surface area contributed by atoms with Gasteiger partial charge in [-0.05, 0) is 35.0 Å². The second-order valence-electron chi connectivity index (χ2n) is 5.22. The first-order valence-electron chi connectivity index (χ1n) is 7.87. The van der Waals surface area contributed by atoms with E-state index >= 15 is 0 Å². The Kier molecular flexibility index (Phi) is 5.47. The van der Waals surface area contributed by atoms with E-state index in [0.29, 0.717) is 0 Å². The van der Waals surface area contributed by atoms with Crippen LogP contribution in [0.4, 0.5) is 11.4 Å². The average molecular weight is 310 g/mol. The maximum Gasteiger partial charge on any atom is 0.0857 e. The van der Waals surface area contributed by atoms with Crippen LogP contribution >= 0.6 is 0 Å². The number of benzene rings is 4. The van der Waals surface area contributed by atoms with Crippen LogP contribution in [0.5, 0.6) is 0 Å². The number of nitrogens with zero attached hydrogens (tertiary/aromatic N) is 2. The minimum absolute atomic E-state index is 0.872. The number of hydrogen-bond acceptors (Lipinski definition) is 2. The molecule has 0 fully saturated rings. The maximum atomic E-state index is 4.10. The van der Waals surface area contributed by atoms with Gasteiger partial charge in [-0.25, -0.2) is 0 Å². The van der Waals surface area contributed by atoms with E-state index in [2.05, 4.69) is 58.8 Å². The van der Waals surface area contributed by atoms with E-state index in [9.17, 15) is 0 Å². The van der Waals surface area contributed by atoms with Gasteiger partial charge in [-0.2, -0.15) is 10.2 Å². The lowest BCUT2D eigenvalue weighted by molar-refractivity contribution is 1.23. The lowest BCUT2D eigenvalue weighted by Gasteiger charge is -1.92.